The predicted molar refractivity (Wildman–Crippen MR) is 76.7 cm³/mol. The first-order valence-electron chi connectivity index (χ1n) is 6.39. The second-order valence-electron chi connectivity index (χ2n) is 4.67. The van der Waals surface area contributed by atoms with Gasteiger partial charge in [-0.25, -0.2) is 13.1 Å². The molecule has 0 fully saturated rings. The van der Waals surface area contributed by atoms with E-state index in [1.807, 2.05) is 0 Å². The molecule has 0 saturated carbocycles. The first-order chi connectivity index (χ1) is 9.65. The molecule has 1 rings (SSSR count). The highest BCUT2D eigenvalue weighted by molar-refractivity contribution is 7.89. The number of halogens is 4. The van der Waals surface area contributed by atoms with Crippen molar-refractivity contribution in [2.45, 2.75) is 32.0 Å². The van der Waals surface area contributed by atoms with Gasteiger partial charge in [0, 0.05) is 11.9 Å². The van der Waals surface area contributed by atoms with Gasteiger partial charge in [0.1, 0.15) is 0 Å². The summed E-state index contributed by atoms with van der Waals surface area (Å²) in [5.74, 6) is 0.342. The quantitative estimate of drug-likeness (QED) is 0.606. The molecule has 1 unspecified atom stereocenters. The molecular formula is C13H17ClF3NO2S. The lowest BCUT2D eigenvalue weighted by Crippen LogP contribution is -2.29. The van der Waals surface area contributed by atoms with Gasteiger partial charge in [0.2, 0.25) is 10.0 Å². The summed E-state index contributed by atoms with van der Waals surface area (Å²) in [6, 6.07) is 3.83. The van der Waals surface area contributed by atoms with E-state index in [-0.39, 0.29) is 5.75 Å². The number of alkyl halides is 4. The molecule has 120 valence electrons. The molecule has 1 atom stereocenters. The Hall–Kier alpha value is -0.790. The molecule has 0 amide bonds. The van der Waals surface area contributed by atoms with Crippen LogP contribution in [0.2, 0.25) is 0 Å². The highest BCUT2D eigenvalue weighted by Crippen LogP contribution is 2.29. The standard InChI is InChI=1S/C13H17ClF3NO2S/c1-10(18-21(19,20)9-3-2-8-14)11-4-6-12(7-5-11)13(15,16)17/h4-7,10,18H,2-3,8-9H2,1H3. The summed E-state index contributed by atoms with van der Waals surface area (Å²) in [4.78, 5) is 0. The van der Waals surface area contributed by atoms with E-state index in [0.717, 1.165) is 12.1 Å². The zero-order chi connectivity index (χ0) is 16.1. The van der Waals surface area contributed by atoms with Gasteiger partial charge in [-0.1, -0.05) is 12.1 Å². The Bertz CT molecular complexity index is 544. The van der Waals surface area contributed by atoms with E-state index in [1.54, 1.807) is 6.92 Å². The Morgan fingerprint density at radius 1 is 1.19 bits per heavy atom. The fourth-order valence-corrected chi connectivity index (χ4v) is 3.31. The minimum Gasteiger partial charge on any atom is -0.212 e. The van der Waals surface area contributed by atoms with E-state index < -0.39 is 27.8 Å². The number of benzene rings is 1. The second kappa shape index (κ2) is 7.47. The van der Waals surface area contributed by atoms with E-state index in [1.165, 1.54) is 12.1 Å². The lowest BCUT2D eigenvalue weighted by molar-refractivity contribution is -0.137. The topological polar surface area (TPSA) is 46.2 Å². The summed E-state index contributed by atoms with van der Waals surface area (Å²) in [5.41, 5.74) is -0.285. The molecule has 3 nitrogen and oxygen atoms in total. The minimum absolute atomic E-state index is 0.0509. The average Bonchev–Trinajstić information content (AvgIpc) is 2.37. The molecule has 0 saturated heterocycles. The first kappa shape index (κ1) is 18.3. The van der Waals surface area contributed by atoms with Crippen molar-refractivity contribution >= 4 is 21.6 Å². The molecular weight excluding hydrogens is 327 g/mol. The van der Waals surface area contributed by atoms with Gasteiger partial charge >= 0.3 is 6.18 Å². The third-order valence-corrected chi connectivity index (χ3v) is 4.70. The summed E-state index contributed by atoms with van der Waals surface area (Å²) in [6.45, 7) is 1.59. The Morgan fingerprint density at radius 3 is 2.24 bits per heavy atom. The molecule has 21 heavy (non-hydrogen) atoms. The molecule has 0 aliphatic heterocycles. The monoisotopic (exact) mass is 343 g/mol. The summed E-state index contributed by atoms with van der Waals surface area (Å²) >= 11 is 5.48. The fraction of sp³-hybridized carbons (Fsp3) is 0.538. The van der Waals surface area contributed by atoms with E-state index in [2.05, 4.69) is 4.72 Å². The summed E-state index contributed by atoms with van der Waals surface area (Å²) in [7, 11) is -3.47. The van der Waals surface area contributed by atoms with Gasteiger partial charge in [-0.05, 0) is 37.5 Å². The van der Waals surface area contributed by atoms with Crippen molar-refractivity contribution < 1.29 is 21.6 Å². The summed E-state index contributed by atoms with van der Waals surface area (Å²) in [6.07, 6.45) is -3.36. The van der Waals surface area contributed by atoms with Crippen LogP contribution in [0.3, 0.4) is 0 Å². The van der Waals surface area contributed by atoms with Crippen molar-refractivity contribution in [2.24, 2.45) is 0 Å². The van der Waals surface area contributed by atoms with Crippen molar-refractivity contribution in [3.8, 4) is 0 Å². The first-order valence-corrected chi connectivity index (χ1v) is 8.57. The van der Waals surface area contributed by atoms with Crippen LogP contribution >= 0.6 is 11.6 Å². The maximum atomic E-state index is 12.4. The van der Waals surface area contributed by atoms with Crippen molar-refractivity contribution in [2.75, 3.05) is 11.6 Å². The van der Waals surface area contributed by atoms with Crippen LogP contribution in [0.25, 0.3) is 0 Å². The van der Waals surface area contributed by atoms with Crippen LogP contribution < -0.4 is 4.72 Å². The lowest BCUT2D eigenvalue weighted by atomic mass is 10.1. The predicted octanol–water partition coefficient (Wildman–Crippen LogP) is 3.70. The molecule has 0 radical (unpaired) electrons. The number of hydrogen-bond acceptors (Lipinski definition) is 2. The van der Waals surface area contributed by atoms with Crippen LogP contribution in [0.4, 0.5) is 13.2 Å². The molecule has 8 heteroatoms. The highest BCUT2D eigenvalue weighted by atomic mass is 35.5. The summed E-state index contributed by atoms with van der Waals surface area (Å²) in [5, 5.41) is 0. The van der Waals surface area contributed by atoms with Crippen molar-refractivity contribution in [3.63, 3.8) is 0 Å². The van der Waals surface area contributed by atoms with Gasteiger partial charge in [-0.2, -0.15) is 13.2 Å². The third kappa shape index (κ3) is 6.23. The van der Waals surface area contributed by atoms with Gasteiger partial charge in [-0.3, -0.25) is 0 Å². The second-order valence-corrected chi connectivity index (χ2v) is 6.93. The van der Waals surface area contributed by atoms with Crippen LogP contribution in [0, 0.1) is 0 Å². The Morgan fingerprint density at radius 2 is 1.76 bits per heavy atom. The Labute approximate surface area is 127 Å². The van der Waals surface area contributed by atoms with Crippen molar-refractivity contribution in [1.29, 1.82) is 0 Å². The number of nitrogens with one attached hydrogen (secondary N) is 1. The Kier molecular flexibility index (Phi) is 6.49. The average molecular weight is 344 g/mol. The third-order valence-electron chi connectivity index (χ3n) is 2.89. The van der Waals surface area contributed by atoms with E-state index in [9.17, 15) is 21.6 Å². The van der Waals surface area contributed by atoms with Crippen LogP contribution in [-0.2, 0) is 16.2 Å². The van der Waals surface area contributed by atoms with Crippen LogP contribution in [0.1, 0.15) is 36.9 Å². The molecule has 1 aromatic carbocycles. The van der Waals surface area contributed by atoms with Gasteiger partial charge < -0.3 is 0 Å². The van der Waals surface area contributed by atoms with E-state index in [4.69, 9.17) is 11.6 Å². The highest BCUT2D eigenvalue weighted by Gasteiger charge is 2.30. The smallest absolute Gasteiger partial charge is 0.212 e. The molecule has 1 aromatic rings. The maximum Gasteiger partial charge on any atom is 0.416 e. The zero-order valence-electron chi connectivity index (χ0n) is 11.5. The SMILES string of the molecule is CC(NS(=O)(=O)CCCCCl)c1ccc(C(F)(F)F)cc1. The van der Waals surface area contributed by atoms with Crippen LogP contribution in [-0.4, -0.2) is 20.1 Å². The largest absolute Gasteiger partial charge is 0.416 e. The lowest BCUT2D eigenvalue weighted by Gasteiger charge is -2.15. The van der Waals surface area contributed by atoms with Gasteiger partial charge in [0.25, 0.3) is 0 Å². The number of rotatable bonds is 7. The van der Waals surface area contributed by atoms with Crippen molar-refractivity contribution in [1.82, 2.24) is 4.72 Å². The molecule has 0 aliphatic rings. The molecule has 0 heterocycles. The molecule has 1 N–H and O–H groups in total. The van der Waals surface area contributed by atoms with Gasteiger partial charge in [0.05, 0.1) is 11.3 Å². The normalized spacial score (nSPS) is 14.1. The molecule has 0 aromatic heterocycles. The van der Waals surface area contributed by atoms with Crippen molar-refractivity contribution in [3.05, 3.63) is 35.4 Å². The van der Waals surface area contributed by atoms with E-state index >= 15 is 0 Å². The zero-order valence-corrected chi connectivity index (χ0v) is 13.0. The number of sulfonamides is 1. The molecule has 0 spiro atoms. The van der Waals surface area contributed by atoms with Crippen LogP contribution in [0.15, 0.2) is 24.3 Å². The van der Waals surface area contributed by atoms with Gasteiger partial charge in [0.15, 0.2) is 0 Å². The molecule has 0 bridgehead atoms. The fourth-order valence-electron chi connectivity index (χ4n) is 1.74. The van der Waals surface area contributed by atoms with Crippen LogP contribution in [0.5, 0.6) is 0 Å². The number of unbranched alkanes of at least 4 members (excludes halogenated alkanes) is 1. The minimum atomic E-state index is -4.40. The molecule has 0 aliphatic carbocycles. The van der Waals surface area contributed by atoms with Gasteiger partial charge in [-0.15, -0.1) is 11.6 Å². The van der Waals surface area contributed by atoms with E-state index in [0.29, 0.717) is 24.3 Å². The Balaban J connectivity index is 2.69. The maximum absolute atomic E-state index is 12.4. The summed E-state index contributed by atoms with van der Waals surface area (Å²) < 4.78 is 63.3. The number of hydrogen-bond donors (Lipinski definition) is 1.